The van der Waals surface area contributed by atoms with Crippen LogP contribution in [0.25, 0.3) is 0 Å². The normalized spacial score (nSPS) is 17.9. The minimum absolute atomic E-state index is 0.0393. The van der Waals surface area contributed by atoms with Crippen molar-refractivity contribution in [2.24, 2.45) is 13.0 Å². The first-order valence-electron chi connectivity index (χ1n) is 6.66. The molecule has 1 atom stereocenters. The number of anilines is 1. The maximum atomic E-state index is 12.1. The molecule has 5 heteroatoms. The molecule has 0 bridgehead atoms. The summed E-state index contributed by atoms with van der Waals surface area (Å²) in [4.78, 5) is 12.1. The van der Waals surface area contributed by atoms with E-state index in [0.29, 0.717) is 5.92 Å². The largest absolute Gasteiger partial charge is 0.322 e. The van der Waals surface area contributed by atoms with Gasteiger partial charge in [0.15, 0.2) is 0 Å². The average molecular weight is 250 g/mol. The average Bonchev–Trinajstić information content (AvgIpc) is 2.97. The van der Waals surface area contributed by atoms with Gasteiger partial charge in [0.1, 0.15) is 0 Å². The van der Waals surface area contributed by atoms with Crippen LogP contribution in [-0.4, -0.2) is 28.8 Å². The second kappa shape index (κ2) is 6.00. The quantitative estimate of drug-likeness (QED) is 0.833. The highest BCUT2D eigenvalue weighted by Crippen LogP contribution is 2.28. The molecular formula is C13H22N4O. The summed E-state index contributed by atoms with van der Waals surface area (Å²) >= 11 is 0. The molecule has 2 rings (SSSR count). The number of hydrogen-bond donors (Lipinski definition) is 2. The number of carbonyl (C=O) groups is 1. The second-order valence-corrected chi connectivity index (χ2v) is 5.12. The van der Waals surface area contributed by atoms with E-state index in [1.165, 1.54) is 25.7 Å². The molecule has 0 radical (unpaired) electrons. The van der Waals surface area contributed by atoms with Gasteiger partial charge in [-0.15, -0.1) is 0 Å². The Bertz CT molecular complexity index is 395. The van der Waals surface area contributed by atoms with E-state index in [1.54, 1.807) is 17.1 Å². The Morgan fingerprint density at radius 3 is 2.83 bits per heavy atom. The third-order valence-corrected chi connectivity index (χ3v) is 3.68. The van der Waals surface area contributed by atoms with E-state index in [9.17, 15) is 4.79 Å². The molecule has 0 spiro atoms. The van der Waals surface area contributed by atoms with Crippen molar-refractivity contribution >= 4 is 11.6 Å². The molecule has 1 saturated carbocycles. The van der Waals surface area contributed by atoms with Crippen molar-refractivity contribution < 1.29 is 4.79 Å². The van der Waals surface area contributed by atoms with E-state index in [-0.39, 0.29) is 11.9 Å². The molecule has 100 valence electrons. The van der Waals surface area contributed by atoms with Crippen molar-refractivity contribution in [1.82, 2.24) is 15.1 Å². The minimum Gasteiger partial charge on any atom is -0.322 e. The number of aryl methyl sites for hydroxylation is 1. The van der Waals surface area contributed by atoms with Gasteiger partial charge in [-0.05, 0) is 19.4 Å². The van der Waals surface area contributed by atoms with Crippen LogP contribution in [-0.2, 0) is 11.8 Å². The molecule has 0 aromatic carbocycles. The lowest BCUT2D eigenvalue weighted by Gasteiger charge is -2.19. The van der Waals surface area contributed by atoms with Gasteiger partial charge >= 0.3 is 0 Å². The van der Waals surface area contributed by atoms with E-state index >= 15 is 0 Å². The third-order valence-electron chi connectivity index (χ3n) is 3.68. The van der Waals surface area contributed by atoms with Crippen LogP contribution in [0.5, 0.6) is 0 Å². The summed E-state index contributed by atoms with van der Waals surface area (Å²) in [6.45, 7) is 0. The summed E-state index contributed by atoms with van der Waals surface area (Å²) in [6.07, 6.45) is 9.55. The molecule has 1 aromatic heterocycles. The zero-order chi connectivity index (χ0) is 13.0. The molecular weight excluding hydrogens is 228 g/mol. The fourth-order valence-electron chi connectivity index (χ4n) is 2.65. The van der Waals surface area contributed by atoms with Crippen LogP contribution in [0, 0.1) is 5.92 Å². The monoisotopic (exact) mass is 250 g/mol. The van der Waals surface area contributed by atoms with Crippen LogP contribution >= 0.6 is 0 Å². The Kier molecular flexibility index (Phi) is 4.36. The molecule has 0 aliphatic heterocycles. The number of nitrogens with one attached hydrogen (secondary N) is 2. The number of hydrogen-bond acceptors (Lipinski definition) is 3. The molecule has 18 heavy (non-hydrogen) atoms. The maximum Gasteiger partial charge on any atom is 0.241 e. The lowest BCUT2D eigenvalue weighted by Crippen LogP contribution is -2.39. The van der Waals surface area contributed by atoms with Crippen molar-refractivity contribution in [2.75, 3.05) is 12.4 Å². The molecule has 1 aliphatic carbocycles. The van der Waals surface area contributed by atoms with E-state index in [1.807, 2.05) is 14.1 Å². The number of carbonyl (C=O) groups excluding carboxylic acids is 1. The number of amides is 1. The number of rotatable bonds is 5. The van der Waals surface area contributed by atoms with Crippen molar-refractivity contribution in [3.8, 4) is 0 Å². The summed E-state index contributed by atoms with van der Waals surface area (Å²) in [5.41, 5.74) is 0.758. The van der Waals surface area contributed by atoms with E-state index in [4.69, 9.17) is 0 Å². The lowest BCUT2D eigenvalue weighted by atomic mass is 9.98. The van der Waals surface area contributed by atoms with Gasteiger partial charge in [-0.1, -0.05) is 25.7 Å². The molecule has 2 N–H and O–H groups in total. The predicted molar refractivity (Wildman–Crippen MR) is 71.3 cm³/mol. The number of likely N-dealkylation sites (N-methyl/N-ethyl adjacent to an activating group) is 1. The Morgan fingerprint density at radius 2 is 2.28 bits per heavy atom. The first-order valence-corrected chi connectivity index (χ1v) is 6.66. The maximum absolute atomic E-state index is 12.1. The smallest absolute Gasteiger partial charge is 0.241 e. The highest BCUT2D eigenvalue weighted by molar-refractivity contribution is 5.94. The molecule has 1 unspecified atom stereocenters. The Labute approximate surface area is 108 Å². The molecule has 1 aliphatic rings. The first-order chi connectivity index (χ1) is 8.69. The van der Waals surface area contributed by atoms with Crippen LogP contribution in [0.15, 0.2) is 12.4 Å². The summed E-state index contributed by atoms with van der Waals surface area (Å²) in [5, 5.41) is 10.1. The second-order valence-electron chi connectivity index (χ2n) is 5.12. The lowest BCUT2D eigenvalue weighted by molar-refractivity contribution is -0.118. The molecule has 5 nitrogen and oxygen atoms in total. The van der Waals surface area contributed by atoms with Gasteiger partial charge < -0.3 is 10.6 Å². The molecule has 0 saturated heterocycles. The number of aromatic nitrogens is 2. The van der Waals surface area contributed by atoms with Gasteiger partial charge in [-0.25, -0.2) is 0 Å². The fraction of sp³-hybridized carbons (Fsp3) is 0.692. The Balaban J connectivity index is 1.88. The summed E-state index contributed by atoms with van der Waals surface area (Å²) in [5.74, 6) is 0.736. The van der Waals surface area contributed by atoms with Crippen molar-refractivity contribution in [1.29, 1.82) is 0 Å². The Hall–Kier alpha value is -1.36. The highest BCUT2D eigenvalue weighted by atomic mass is 16.2. The van der Waals surface area contributed by atoms with Gasteiger partial charge in [0.25, 0.3) is 0 Å². The van der Waals surface area contributed by atoms with Crippen LogP contribution in [0.1, 0.15) is 32.1 Å². The topological polar surface area (TPSA) is 59.0 Å². The SMILES string of the molecule is CNC(CC1CCCC1)C(=O)Nc1cnn(C)c1. The van der Waals surface area contributed by atoms with Crippen molar-refractivity contribution in [3.63, 3.8) is 0 Å². The standard InChI is InChI=1S/C13H22N4O/c1-14-12(7-10-5-3-4-6-10)13(18)16-11-8-15-17(2)9-11/h8-10,12,14H,3-7H2,1-2H3,(H,16,18). The third kappa shape index (κ3) is 3.32. The van der Waals surface area contributed by atoms with Crippen molar-refractivity contribution in [3.05, 3.63) is 12.4 Å². The zero-order valence-corrected chi connectivity index (χ0v) is 11.1. The van der Waals surface area contributed by atoms with Crippen molar-refractivity contribution in [2.45, 2.75) is 38.1 Å². The summed E-state index contributed by atoms with van der Waals surface area (Å²) in [7, 11) is 3.69. The van der Waals surface area contributed by atoms with Crippen LogP contribution in [0.3, 0.4) is 0 Å². The molecule has 1 fully saturated rings. The van der Waals surface area contributed by atoms with E-state index in [0.717, 1.165) is 12.1 Å². The number of nitrogens with zero attached hydrogens (tertiary/aromatic N) is 2. The van der Waals surface area contributed by atoms with Gasteiger partial charge in [0.2, 0.25) is 5.91 Å². The summed E-state index contributed by atoms with van der Waals surface area (Å²) < 4.78 is 1.68. The van der Waals surface area contributed by atoms with Crippen LogP contribution < -0.4 is 10.6 Å². The van der Waals surface area contributed by atoms with E-state index < -0.39 is 0 Å². The fourth-order valence-corrected chi connectivity index (χ4v) is 2.65. The predicted octanol–water partition coefficient (Wildman–Crippen LogP) is 1.53. The van der Waals surface area contributed by atoms with Crippen LogP contribution in [0.4, 0.5) is 5.69 Å². The first kappa shape index (κ1) is 13.1. The van der Waals surface area contributed by atoms with Crippen LogP contribution in [0.2, 0.25) is 0 Å². The Morgan fingerprint density at radius 1 is 1.56 bits per heavy atom. The molecule has 1 aromatic rings. The molecule has 1 heterocycles. The van der Waals surface area contributed by atoms with Gasteiger partial charge in [-0.3, -0.25) is 9.48 Å². The minimum atomic E-state index is -0.103. The van der Waals surface area contributed by atoms with Gasteiger partial charge in [0, 0.05) is 13.2 Å². The van der Waals surface area contributed by atoms with Gasteiger partial charge in [-0.2, -0.15) is 5.10 Å². The van der Waals surface area contributed by atoms with Gasteiger partial charge in [0.05, 0.1) is 17.9 Å². The zero-order valence-electron chi connectivity index (χ0n) is 11.1. The highest BCUT2D eigenvalue weighted by Gasteiger charge is 2.24. The summed E-state index contributed by atoms with van der Waals surface area (Å²) in [6, 6.07) is -0.103. The van der Waals surface area contributed by atoms with E-state index in [2.05, 4.69) is 15.7 Å². The molecule has 1 amide bonds.